The van der Waals surface area contributed by atoms with Gasteiger partial charge in [0.1, 0.15) is 13.2 Å². The summed E-state index contributed by atoms with van der Waals surface area (Å²) in [5.74, 6) is -0.906. The Bertz CT molecular complexity index is 1700. The molecule has 0 rings (SSSR count). The van der Waals surface area contributed by atoms with Crippen molar-refractivity contribution < 1.29 is 28.6 Å². The molecule has 0 radical (unpaired) electrons. The van der Waals surface area contributed by atoms with E-state index in [1.54, 1.807) is 0 Å². The molecule has 0 saturated carbocycles. The SMILES string of the molecule is CC/C=C\C/C=C\C/C=C\C/C=C\C/C=C\CCCCCCCCCCCC(=O)OCC(COC(=O)CCCCCCC/C=C\CCCCC)OC(=O)CCCCCCCCCCC/C=C\C/C=C\C/C=C\C/C=C\C/C=C\CC. The van der Waals surface area contributed by atoms with Crippen LogP contribution >= 0.6 is 0 Å². The molecule has 454 valence electrons. The van der Waals surface area contributed by atoms with Gasteiger partial charge in [-0.2, -0.15) is 0 Å². The molecule has 0 heterocycles. The van der Waals surface area contributed by atoms with Gasteiger partial charge >= 0.3 is 17.9 Å². The van der Waals surface area contributed by atoms with Crippen molar-refractivity contribution in [1.29, 1.82) is 0 Å². The average molecular weight is 1110 g/mol. The third-order valence-corrected chi connectivity index (χ3v) is 13.9. The highest BCUT2D eigenvalue weighted by Crippen LogP contribution is 2.16. The Morgan fingerprint density at radius 1 is 0.263 bits per heavy atom. The van der Waals surface area contributed by atoms with Crippen LogP contribution in [-0.2, 0) is 28.6 Å². The fourth-order valence-electron chi connectivity index (χ4n) is 8.96. The lowest BCUT2D eigenvalue weighted by molar-refractivity contribution is -0.167. The van der Waals surface area contributed by atoms with Crippen LogP contribution in [0.3, 0.4) is 0 Å². The Balaban J connectivity index is 4.34. The number of unbranched alkanes of at least 4 members (excludes halogenated alkanes) is 26. The third-order valence-electron chi connectivity index (χ3n) is 13.9. The second-order valence-corrected chi connectivity index (χ2v) is 21.6. The van der Waals surface area contributed by atoms with Crippen LogP contribution in [0.5, 0.6) is 0 Å². The second kappa shape index (κ2) is 67.1. The summed E-state index contributed by atoms with van der Waals surface area (Å²) >= 11 is 0. The van der Waals surface area contributed by atoms with E-state index in [4.69, 9.17) is 14.2 Å². The van der Waals surface area contributed by atoms with Crippen LogP contribution in [0.2, 0.25) is 0 Å². The molecule has 6 nitrogen and oxygen atoms in total. The largest absolute Gasteiger partial charge is 0.462 e. The molecular weight excluding hydrogens is 985 g/mol. The highest BCUT2D eigenvalue weighted by molar-refractivity contribution is 5.71. The van der Waals surface area contributed by atoms with E-state index in [1.165, 1.54) is 116 Å². The lowest BCUT2D eigenvalue weighted by Gasteiger charge is -2.18. The number of ether oxygens (including phenoxy) is 3. The second-order valence-electron chi connectivity index (χ2n) is 21.6. The van der Waals surface area contributed by atoms with E-state index in [2.05, 4.69) is 154 Å². The summed E-state index contributed by atoms with van der Waals surface area (Å²) in [6.07, 6.45) is 94.6. The Labute approximate surface area is 494 Å². The normalized spacial score (nSPS) is 13.0. The first-order chi connectivity index (χ1) is 39.5. The van der Waals surface area contributed by atoms with E-state index in [0.717, 1.165) is 141 Å². The molecule has 0 amide bonds. The quantitative estimate of drug-likeness (QED) is 0.0261. The summed E-state index contributed by atoms with van der Waals surface area (Å²) in [6, 6.07) is 0. The van der Waals surface area contributed by atoms with Crippen LogP contribution in [0, 0.1) is 0 Å². The van der Waals surface area contributed by atoms with Gasteiger partial charge < -0.3 is 14.2 Å². The Morgan fingerprint density at radius 3 is 0.775 bits per heavy atom. The van der Waals surface area contributed by atoms with E-state index >= 15 is 0 Å². The van der Waals surface area contributed by atoms with Crippen LogP contribution in [0.4, 0.5) is 0 Å². The molecule has 0 aliphatic rings. The fraction of sp³-hybridized carbons (Fsp3) is 0.662. The van der Waals surface area contributed by atoms with Gasteiger partial charge in [-0.05, 0) is 135 Å². The number of hydrogen-bond acceptors (Lipinski definition) is 6. The van der Waals surface area contributed by atoms with Crippen LogP contribution < -0.4 is 0 Å². The third kappa shape index (κ3) is 64.4. The molecule has 0 fully saturated rings. The van der Waals surface area contributed by atoms with Crippen molar-refractivity contribution in [2.45, 2.75) is 303 Å². The zero-order valence-electron chi connectivity index (χ0n) is 52.0. The van der Waals surface area contributed by atoms with E-state index in [0.29, 0.717) is 19.3 Å². The maximum Gasteiger partial charge on any atom is 0.306 e. The van der Waals surface area contributed by atoms with Gasteiger partial charge in [0.25, 0.3) is 0 Å². The molecule has 0 aliphatic carbocycles. The minimum atomic E-state index is -0.793. The Morgan fingerprint density at radius 2 is 0.487 bits per heavy atom. The van der Waals surface area contributed by atoms with Crippen molar-refractivity contribution >= 4 is 17.9 Å². The molecule has 0 spiro atoms. The highest BCUT2D eigenvalue weighted by atomic mass is 16.6. The van der Waals surface area contributed by atoms with Gasteiger partial charge in [-0.3, -0.25) is 14.4 Å². The van der Waals surface area contributed by atoms with Crippen LogP contribution in [0.1, 0.15) is 297 Å². The summed E-state index contributed by atoms with van der Waals surface area (Å²) in [4.78, 5) is 38.4. The van der Waals surface area contributed by atoms with Gasteiger partial charge in [-0.25, -0.2) is 0 Å². The number of hydrogen-bond donors (Lipinski definition) is 0. The summed E-state index contributed by atoms with van der Waals surface area (Å²) < 4.78 is 16.9. The molecular formula is C74H122O6. The van der Waals surface area contributed by atoms with Crippen LogP contribution in [0.15, 0.2) is 134 Å². The van der Waals surface area contributed by atoms with Gasteiger partial charge in [0.05, 0.1) is 0 Å². The maximum absolute atomic E-state index is 12.9. The van der Waals surface area contributed by atoms with Gasteiger partial charge in [-0.1, -0.05) is 276 Å². The summed E-state index contributed by atoms with van der Waals surface area (Å²) in [5, 5.41) is 0. The number of allylic oxidation sites excluding steroid dienone is 22. The predicted molar refractivity (Wildman–Crippen MR) is 348 cm³/mol. The summed E-state index contributed by atoms with van der Waals surface area (Å²) in [5.41, 5.74) is 0. The van der Waals surface area contributed by atoms with Gasteiger partial charge in [-0.15, -0.1) is 0 Å². The maximum atomic E-state index is 12.9. The average Bonchev–Trinajstić information content (AvgIpc) is 3.46. The minimum Gasteiger partial charge on any atom is -0.462 e. The monoisotopic (exact) mass is 1110 g/mol. The van der Waals surface area contributed by atoms with Crippen molar-refractivity contribution in [3.63, 3.8) is 0 Å². The topological polar surface area (TPSA) is 78.9 Å². The lowest BCUT2D eigenvalue weighted by atomic mass is 10.1. The first kappa shape index (κ1) is 75.5. The smallest absolute Gasteiger partial charge is 0.306 e. The minimum absolute atomic E-state index is 0.0890. The zero-order valence-corrected chi connectivity index (χ0v) is 52.0. The molecule has 1 unspecified atom stereocenters. The Hall–Kier alpha value is -4.45. The van der Waals surface area contributed by atoms with Crippen molar-refractivity contribution in [3.8, 4) is 0 Å². The molecule has 0 aromatic heterocycles. The van der Waals surface area contributed by atoms with Crippen molar-refractivity contribution in [3.05, 3.63) is 134 Å². The molecule has 0 N–H and O–H groups in total. The molecule has 80 heavy (non-hydrogen) atoms. The van der Waals surface area contributed by atoms with Gasteiger partial charge in [0, 0.05) is 19.3 Å². The number of esters is 3. The lowest BCUT2D eigenvalue weighted by Crippen LogP contribution is -2.30. The molecule has 0 aromatic carbocycles. The summed E-state index contributed by atoms with van der Waals surface area (Å²) in [7, 11) is 0. The highest BCUT2D eigenvalue weighted by Gasteiger charge is 2.19. The molecule has 0 aromatic rings. The van der Waals surface area contributed by atoms with Crippen molar-refractivity contribution in [2.75, 3.05) is 13.2 Å². The number of carbonyl (C=O) groups excluding carboxylic acids is 3. The first-order valence-corrected chi connectivity index (χ1v) is 33.2. The zero-order chi connectivity index (χ0) is 57.8. The van der Waals surface area contributed by atoms with Crippen molar-refractivity contribution in [2.24, 2.45) is 0 Å². The Kier molecular flexibility index (Phi) is 63.3. The van der Waals surface area contributed by atoms with Crippen LogP contribution in [0.25, 0.3) is 0 Å². The standard InChI is InChI=1S/C74H122O6/c1-4-7-10-13-16-19-22-25-27-29-31-33-35-37-39-41-43-45-47-49-52-55-58-61-64-67-73(76)79-70-71(69-78-72(75)66-63-60-57-54-51-24-21-18-15-12-9-6-3)80-74(77)68-65-62-59-56-53-50-48-46-44-42-40-38-36-34-32-30-28-26-23-20-17-14-11-8-5-2/h7-8,10-11,16-21,25-28,31-34,37-40,71H,4-6,9,12-15,22-24,29-30,35-36,41-70H2,1-3H3/b10-7-,11-8-,19-16-,20-17-,21-18-,27-25-,28-26-,33-31-,34-32-,39-37-,40-38-. The predicted octanol–water partition coefficient (Wildman–Crippen LogP) is 22.9. The molecule has 0 saturated heterocycles. The van der Waals surface area contributed by atoms with E-state index in [9.17, 15) is 14.4 Å². The van der Waals surface area contributed by atoms with E-state index in [1.807, 2.05) is 0 Å². The van der Waals surface area contributed by atoms with Crippen molar-refractivity contribution in [1.82, 2.24) is 0 Å². The van der Waals surface area contributed by atoms with E-state index < -0.39 is 6.10 Å². The molecule has 1 atom stereocenters. The number of carbonyl (C=O) groups is 3. The fourth-order valence-corrected chi connectivity index (χ4v) is 8.96. The van der Waals surface area contributed by atoms with Gasteiger partial charge in [0.2, 0.25) is 0 Å². The van der Waals surface area contributed by atoms with Crippen LogP contribution in [-0.4, -0.2) is 37.2 Å². The number of rotatable bonds is 59. The molecule has 0 aliphatic heterocycles. The molecule has 0 bridgehead atoms. The summed E-state index contributed by atoms with van der Waals surface area (Å²) in [6.45, 7) is 6.39. The first-order valence-electron chi connectivity index (χ1n) is 33.2. The molecule has 6 heteroatoms. The van der Waals surface area contributed by atoms with E-state index in [-0.39, 0.29) is 31.1 Å². The van der Waals surface area contributed by atoms with Gasteiger partial charge in [0.15, 0.2) is 6.10 Å².